The van der Waals surface area contributed by atoms with Crippen LogP contribution >= 0.6 is 0 Å². The molecule has 0 aromatic heterocycles. The fourth-order valence-electron chi connectivity index (χ4n) is 2.08. The van der Waals surface area contributed by atoms with Gasteiger partial charge in [-0.2, -0.15) is 0 Å². The summed E-state index contributed by atoms with van der Waals surface area (Å²) in [7, 11) is 0. The molecular formula is C14H18N2O3. The van der Waals surface area contributed by atoms with Crippen LogP contribution in [0.5, 0.6) is 0 Å². The van der Waals surface area contributed by atoms with E-state index in [1.807, 2.05) is 37.3 Å². The molecular weight excluding hydrogens is 244 g/mol. The number of hydrogen-bond acceptors (Lipinski definition) is 3. The molecule has 1 aromatic carbocycles. The second-order valence-electron chi connectivity index (χ2n) is 4.37. The van der Waals surface area contributed by atoms with Crippen molar-refractivity contribution in [3.8, 4) is 0 Å². The van der Waals surface area contributed by atoms with Gasteiger partial charge in [0.1, 0.15) is 6.04 Å². The molecule has 0 bridgehead atoms. The topological polar surface area (TPSA) is 58.6 Å². The standard InChI is InChI=1S/C14H18N2O3/c1-2-19-9-8-16-10-12(17)15-13(14(16)18)11-6-4-3-5-7-11/h3-7,13H,2,8-10H2,1H3,(H,15,17). The second-order valence-corrected chi connectivity index (χ2v) is 4.37. The van der Waals surface area contributed by atoms with Gasteiger partial charge in [-0.3, -0.25) is 9.59 Å². The molecule has 19 heavy (non-hydrogen) atoms. The molecule has 1 fully saturated rings. The average Bonchev–Trinajstić information content (AvgIpc) is 2.43. The third-order valence-electron chi connectivity index (χ3n) is 3.04. The Labute approximate surface area is 112 Å². The lowest BCUT2D eigenvalue weighted by Gasteiger charge is -2.32. The Balaban J connectivity index is 2.08. The molecule has 2 amide bonds. The van der Waals surface area contributed by atoms with E-state index in [0.29, 0.717) is 19.8 Å². The number of carbonyl (C=O) groups excluding carboxylic acids is 2. The Morgan fingerprint density at radius 1 is 1.32 bits per heavy atom. The maximum absolute atomic E-state index is 12.3. The maximum Gasteiger partial charge on any atom is 0.250 e. The van der Waals surface area contributed by atoms with Crippen LogP contribution in [0.15, 0.2) is 30.3 Å². The lowest BCUT2D eigenvalue weighted by molar-refractivity contribution is -0.145. The molecule has 5 nitrogen and oxygen atoms in total. The fourth-order valence-corrected chi connectivity index (χ4v) is 2.08. The Bertz CT molecular complexity index is 447. The fraction of sp³-hybridized carbons (Fsp3) is 0.429. The van der Waals surface area contributed by atoms with E-state index in [-0.39, 0.29) is 18.4 Å². The van der Waals surface area contributed by atoms with Gasteiger partial charge in [0.25, 0.3) is 0 Å². The van der Waals surface area contributed by atoms with Gasteiger partial charge in [-0.05, 0) is 12.5 Å². The number of benzene rings is 1. The highest BCUT2D eigenvalue weighted by Crippen LogP contribution is 2.18. The molecule has 2 rings (SSSR count). The highest BCUT2D eigenvalue weighted by Gasteiger charge is 2.33. The number of amides is 2. The van der Waals surface area contributed by atoms with Crippen LogP contribution in [-0.4, -0.2) is 43.0 Å². The minimum Gasteiger partial charge on any atom is -0.380 e. The van der Waals surface area contributed by atoms with Gasteiger partial charge < -0.3 is 15.0 Å². The average molecular weight is 262 g/mol. The first-order valence-corrected chi connectivity index (χ1v) is 6.43. The van der Waals surface area contributed by atoms with Gasteiger partial charge in [0.2, 0.25) is 11.8 Å². The highest BCUT2D eigenvalue weighted by molar-refractivity contribution is 5.95. The third-order valence-corrected chi connectivity index (χ3v) is 3.04. The first-order valence-electron chi connectivity index (χ1n) is 6.43. The SMILES string of the molecule is CCOCCN1CC(=O)NC(c2ccccc2)C1=O. The molecule has 0 radical (unpaired) electrons. The van der Waals surface area contributed by atoms with E-state index in [9.17, 15) is 9.59 Å². The van der Waals surface area contributed by atoms with Gasteiger partial charge in [0, 0.05) is 13.2 Å². The molecule has 1 saturated heterocycles. The van der Waals surface area contributed by atoms with Crippen molar-refractivity contribution < 1.29 is 14.3 Å². The number of piperazine rings is 1. The van der Waals surface area contributed by atoms with Crippen LogP contribution in [-0.2, 0) is 14.3 Å². The van der Waals surface area contributed by atoms with Crippen molar-refractivity contribution in [2.24, 2.45) is 0 Å². The maximum atomic E-state index is 12.3. The monoisotopic (exact) mass is 262 g/mol. The molecule has 1 aliphatic rings. The van der Waals surface area contributed by atoms with E-state index in [0.717, 1.165) is 5.56 Å². The second kappa shape index (κ2) is 6.33. The molecule has 1 N–H and O–H groups in total. The van der Waals surface area contributed by atoms with Gasteiger partial charge in [-0.25, -0.2) is 0 Å². The van der Waals surface area contributed by atoms with Crippen LogP contribution in [0.4, 0.5) is 0 Å². The van der Waals surface area contributed by atoms with Crippen molar-refractivity contribution in [3.63, 3.8) is 0 Å². The molecule has 1 aliphatic heterocycles. The number of ether oxygens (including phenoxy) is 1. The van der Waals surface area contributed by atoms with E-state index in [1.165, 1.54) is 0 Å². The van der Waals surface area contributed by atoms with E-state index >= 15 is 0 Å². The van der Waals surface area contributed by atoms with E-state index in [1.54, 1.807) is 4.90 Å². The lowest BCUT2D eigenvalue weighted by atomic mass is 10.0. The first-order chi connectivity index (χ1) is 9.22. The summed E-state index contributed by atoms with van der Waals surface area (Å²) in [6.45, 7) is 3.52. The van der Waals surface area contributed by atoms with Crippen molar-refractivity contribution in [1.82, 2.24) is 10.2 Å². The molecule has 1 aromatic rings. The Morgan fingerprint density at radius 3 is 2.74 bits per heavy atom. The summed E-state index contributed by atoms with van der Waals surface area (Å²) in [5, 5.41) is 2.73. The zero-order valence-corrected chi connectivity index (χ0v) is 11.0. The van der Waals surface area contributed by atoms with Crippen LogP contribution in [0.3, 0.4) is 0 Å². The van der Waals surface area contributed by atoms with Gasteiger partial charge >= 0.3 is 0 Å². The van der Waals surface area contributed by atoms with Crippen molar-refractivity contribution in [1.29, 1.82) is 0 Å². The quantitative estimate of drug-likeness (QED) is 0.796. The summed E-state index contributed by atoms with van der Waals surface area (Å²) in [6, 6.07) is 8.70. The van der Waals surface area contributed by atoms with Crippen LogP contribution in [0.2, 0.25) is 0 Å². The van der Waals surface area contributed by atoms with Gasteiger partial charge in [-0.15, -0.1) is 0 Å². The van der Waals surface area contributed by atoms with Gasteiger partial charge in [-0.1, -0.05) is 30.3 Å². The van der Waals surface area contributed by atoms with Gasteiger partial charge in [0.15, 0.2) is 0 Å². The number of nitrogens with zero attached hydrogens (tertiary/aromatic N) is 1. The first kappa shape index (κ1) is 13.5. The number of nitrogens with one attached hydrogen (secondary N) is 1. The smallest absolute Gasteiger partial charge is 0.250 e. The van der Waals surface area contributed by atoms with Gasteiger partial charge in [0.05, 0.1) is 13.2 Å². The Hall–Kier alpha value is -1.88. The van der Waals surface area contributed by atoms with Crippen LogP contribution in [0.25, 0.3) is 0 Å². The minimum atomic E-state index is -0.580. The van der Waals surface area contributed by atoms with E-state index in [2.05, 4.69) is 5.32 Å². The number of hydrogen-bond donors (Lipinski definition) is 1. The third kappa shape index (κ3) is 3.32. The van der Waals surface area contributed by atoms with Crippen molar-refractivity contribution in [3.05, 3.63) is 35.9 Å². The number of rotatable bonds is 5. The van der Waals surface area contributed by atoms with E-state index < -0.39 is 6.04 Å². The summed E-state index contributed by atoms with van der Waals surface area (Å²) in [5.74, 6) is -0.213. The summed E-state index contributed by atoms with van der Waals surface area (Å²) in [5.41, 5.74) is 0.807. The molecule has 0 aliphatic carbocycles. The molecule has 1 atom stereocenters. The summed E-state index contributed by atoms with van der Waals surface area (Å²) in [6.07, 6.45) is 0. The summed E-state index contributed by atoms with van der Waals surface area (Å²) < 4.78 is 5.24. The zero-order chi connectivity index (χ0) is 13.7. The lowest BCUT2D eigenvalue weighted by Crippen LogP contribution is -2.54. The zero-order valence-electron chi connectivity index (χ0n) is 11.0. The molecule has 0 spiro atoms. The van der Waals surface area contributed by atoms with Crippen LogP contribution in [0.1, 0.15) is 18.5 Å². The Kier molecular flexibility index (Phi) is 4.52. The summed E-state index contributed by atoms with van der Waals surface area (Å²) in [4.78, 5) is 25.6. The summed E-state index contributed by atoms with van der Waals surface area (Å²) >= 11 is 0. The van der Waals surface area contributed by atoms with Crippen molar-refractivity contribution >= 4 is 11.8 Å². The predicted octanol–water partition coefficient (Wildman–Crippen LogP) is 0.723. The predicted molar refractivity (Wildman–Crippen MR) is 70.4 cm³/mol. The normalized spacial score (nSPS) is 19.4. The van der Waals surface area contributed by atoms with E-state index in [4.69, 9.17) is 4.74 Å². The van der Waals surface area contributed by atoms with Crippen LogP contribution in [0, 0.1) is 0 Å². The Morgan fingerprint density at radius 2 is 2.05 bits per heavy atom. The van der Waals surface area contributed by atoms with Crippen molar-refractivity contribution in [2.75, 3.05) is 26.3 Å². The molecule has 102 valence electrons. The number of carbonyl (C=O) groups is 2. The largest absolute Gasteiger partial charge is 0.380 e. The molecule has 1 unspecified atom stereocenters. The van der Waals surface area contributed by atoms with Crippen LogP contribution < -0.4 is 5.32 Å². The molecule has 1 heterocycles. The molecule has 0 saturated carbocycles. The molecule has 5 heteroatoms. The highest BCUT2D eigenvalue weighted by atomic mass is 16.5. The van der Waals surface area contributed by atoms with Crippen molar-refractivity contribution in [2.45, 2.75) is 13.0 Å². The minimum absolute atomic E-state index is 0.0782.